The molecule has 1 aromatic heterocycles. The zero-order valence-electron chi connectivity index (χ0n) is 16.8. The number of aromatic nitrogens is 3. The number of phenolic OH excluding ortho intramolecular Hbond substituents is 1. The molecule has 0 atom stereocenters. The summed E-state index contributed by atoms with van der Waals surface area (Å²) in [5.74, 6) is -0.530. The molecule has 9 heteroatoms. The minimum atomic E-state index is -0.588. The number of ether oxygens (including phenoxy) is 3. The second-order valence-electron chi connectivity index (χ2n) is 6.40. The Bertz CT molecular complexity index is 1140. The zero-order valence-corrected chi connectivity index (χ0v) is 16.8. The van der Waals surface area contributed by atoms with E-state index in [0.717, 1.165) is 11.6 Å². The molecule has 0 amide bonds. The third-order valence-corrected chi connectivity index (χ3v) is 4.58. The molecule has 0 aliphatic rings. The lowest BCUT2D eigenvalue weighted by Crippen LogP contribution is -2.12. The van der Waals surface area contributed by atoms with Crippen molar-refractivity contribution >= 4 is 23.0 Å². The molecule has 0 spiro atoms. The van der Waals surface area contributed by atoms with E-state index in [1.807, 2.05) is 6.92 Å². The van der Waals surface area contributed by atoms with Crippen molar-refractivity contribution in [2.45, 2.75) is 13.8 Å². The monoisotopic (exact) mass is 411 g/mol. The topological polar surface area (TPSA) is 113 Å². The van der Waals surface area contributed by atoms with Crippen molar-refractivity contribution in [3.63, 3.8) is 0 Å². The van der Waals surface area contributed by atoms with Gasteiger partial charge in [0.15, 0.2) is 0 Å². The fourth-order valence-corrected chi connectivity index (χ4v) is 2.79. The van der Waals surface area contributed by atoms with Crippen LogP contribution in [0.4, 0.5) is 0 Å². The Morgan fingerprint density at radius 2 is 1.80 bits per heavy atom. The number of carbonyl (C=O) groups is 2. The van der Waals surface area contributed by atoms with Gasteiger partial charge in [-0.2, -0.15) is 0 Å². The first-order valence-corrected chi connectivity index (χ1v) is 9.06. The number of hydrogen-bond acceptors (Lipinski definition) is 8. The van der Waals surface area contributed by atoms with Gasteiger partial charge in [-0.05, 0) is 43.2 Å². The molecule has 0 aliphatic carbocycles. The number of rotatable bonds is 7. The summed E-state index contributed by atoms with van der Waals surface area (Å²) < 4.78 is 15.2. The Labute approximate surface area is 172 Å². The largest absolute Gasteiger partial charge is 0.505 e. The SMILES string of the molecule is C=CC(=O)OCCOC(=O)c1ccc2nn(-c3cc(OC)c(C)c(C)c3O)nc2c1. The molecule has 0 radical (unpaired) electrons. The highest BCUT2D eigenvalue weighted by Crippen LogP contribution is 2.34. The fourth-order valence-electron chi connectivity index (χ4n) is 2.79. The van der Waals surface area contributed by atoms with Crippen LogP contribution in [-0.4, -0.2) is 52.4 Å². The molecule has 0 bridgehead atoms. The van der Waals surface area contributed by atoms with E-state index >= 15 is 0 Å². The third-order valence-electron chi connectivity index (χ3n) is 4.58. The van der Waals surface area contributed by atoms with Crippen LogP contribution in [0.2, 0.25) is 0 Å². The van der Waals surface area contributed by atoms with E-state index in [2.05, 4.69) is 16.8 Å². The predicted octanol–water partition coefficient (Wildman–Crippen LogP) is 2.64. The van der Waals surface area contributed by atoms with Gasteiger partial charge in [0, 0.05) is 12.1 Å². The molecule has 3 aromatic rings. The van der Waals surface area contributed by atoms with Crippen molar-refractivity contribution < 1.29 is 28.9 Å². The van der Waals surface area contributed by atoms with E-state index in [0.29, 0.717) is 28.0 Å². The molecule has 1 heterocycles. The van der Waals surface area contributed by atoms with Gasteiger partial charge in [-0.1, -0.05) is 6.58 Å². The zero-order chi connectivity index (χ0) is 21.8. The number of aromatic hydroxyl groups is 1. The minimum Gasteiger partial charge on any atom is -0.505 e. The lowest BCUT2D eigenvalue weighted by atomic mass is 10.1. The summed E-state index contributed by atoms with van der Waals surface area (Å²) in [4.78, 5) is 24.5. The molecule has 0 fully saturated rings. The summed E-state index contributed by atoms with van der Waals surface area (Å²) in [5.41, 5.74) is 3.08. The van der Waals surface area contributed by atoms with Gasteiger partial charge in [-0.15, -0.1) is 15.0 Å². The maximum absolute atomic E-state index is 12.2. The lowest BCUT2D eigenvalue weighted by Gasteiger charge is -2.13. The van der Waals surface area contributed by atoms with E-state index in [1.54, 1.807) is 32.2 Å². The van der Waals surface area contributed by atoms with Crippen molar-refractivity contribution in [1.82, 2.24) is 15.0 Å². The van der Waals surface area contributed by atoms with Crippen LogP contribution >= 0.6 is 0 Å². The summed E-state index contributed by atoms with van der Waals surface area (Å²) in [5, 5.41) is 19.3. The van der Waals surface area contributed by atoms with Crippen LogP contribution in [0.1, 0.15) is 21.5 Å². The summed E-state index contributed by atoms with van der Waals surface area (Å²) >= 11 is 0. The minimum absolute atomic E-state index is 0.0438. The highest BCUT2D eigenvalue weighted by Gasteiger charge is 2.17. The second-order valence-corrected chi connectivity index (χ2v) is 6.40. The molecule has 0 aliphatic heterocycles. The van der Waals surface area contributed by atoms with Crippen LogP contribution in [0, 0.1) is 13.8 Å². The Hall–Kier alpha value is -3.88. The van der Waals surface area contributed by atoms with Gasteiger partial charge in [-0.3, -0.25) is 0 Å². The quantitative estimate of drug-likeness (QED) is 0.359. The van der Waals surface area contributed by atoms with Crippen molar-refractivity contribution in [2.24, 2.45) is 0 Å². The maximum atomic E-state index is 12.2. The molecule has 0 saturated carbocycles. The number of benzene rings is 2. The Balaban J connectivity index is 1.83. The van der Waals surface area contributed by atoms with Crippen molar-refractivity contribution in [3.8, 4) is 17.2 Å². The molecule has 2 aromatic carbocycles. The number of hydrogen-bond donors (Lipinski definition) is 1. The first-order valence-electron chi connectivity index (χ1n) is 9.06. The average molecular weight is 411 g/mol. The second kappa shape index (κ2) is 8.64. The normalized spacial score (nSPS) is 10.6. The van der Waals surface area contributed by atoms with E-state index in [-0.39, 0.29) is 24.5 Å². The molecule has 0 unspecified atom stereocenters. The molecule has 9 nitrogen and oxygen atoms in total. The van der Waals surface area contributed by atoms with Gasteiger partial charge in [0.1, 0.15) is 41.4 Å². The molecule has 156 valence electrons. The number of methoxy groups -OCH3 is 1. The number of phenols is 1. The van der Waals surface area contributed by atoms with Crippen LogP contribution in [0.3, 0.4) is 0 Å². The Kier molecular flexibility index (Phi) is 6.01. The third kappa shape index (κ3) is 4.09. The Morgan fingerprint density at radius 3 is 2.50 bits per heavy atom. The first kappa shape index (κ1) is 20.8. The summed E-state index contributed by atoms with van der Waals surface area (Å²) in [7, 11) is 1.55. The lowest BCUT2D eigenvalue weighted by molar-refractivity contribution is -0.138. The number of carbonyl (C=O) groups excluding carboxylic acids is 2. The van der Waals surface area contributed by atoms with Gasteiger partial charge >= 0.3 is 11.9 Å². The van der Waals surface area contributed by atoms with Crippen LogP contribution < -0.4 is 4.74 Å². The predicted molar refractivity (Wildman–Crippen MR) is 108 cm³/mol. The number of esters is 2. The van der Waals surface area contributed by atoms with Crippen LogP contribution in [0.15, 0.2) is 36.9 Å². The molecule has 30 heavy (non-hydrogen) atoms. The highest BCUT2D eigenvalue weighted by atomic mass is 16.6. The van der Waals surface area contributed by atoms with E-state index in [4.69, 9.17) is 14.2 Å². The Morgan fingerprint density at radius 1 is 1.10 bits per heavy atom. The van der Waals surface area contributed by atoms with Crippen LogP contribution in [0.25, 0.3) is 16.7 Å². The fraction of sp³-hybridized carbons (Fsp3) is 0.238. The van der Waals surface area contributed by atoms with Crippen LogP contribution in [-0.2, 0) is 14.3 Å². The van der Waals surface area contributed by atoms with E-state index < -0.39 is 11.9 Å². The summed E-state index contributed by atoms with van der Waals surface area (Å²) in [6.07, 6.45) is 1.03. The summed E-state index contributed by atoms with van der Waals surface area (Å²) in [6.45, 7) is 6.75. The number of nitrogens with zero attached hydrogens (tertiary/aromatic N) is 3. The van der Waals surface area contributed by atoms with Crippen LogP contribution in [0.5, 0.6) is 11.5 Å². The molecular weight excluding hydrogens is 390 g/mol. The van der Waals surface area contributed by atoms with Gasteiger partial charge in [0.2, 0.25) is 0 Å². The molecular formula is C21H21N3O6. The van der Waals surface area contributed by atoms with Gasteiger partial charge in [0.25, 0.3) is 0 Å². The van der Waals surface area contributed by atoms with Crippen molar-refractivity contribution in [3.05, 3.63) is 53.6 Å². The molecule has 3 rings (SSSR count). The average Bonchev–Trinajstić information content (AvgIpc) is 3.17. The van der Waals surface area contributed by atoms with E-state index in [9.17, 15) is 14.7 Å². The highest BCUT2D eigenvalue weighted by molar-refractivity contribution is 5.93. The smallest absolute Gasteiger partial charge is 0.338 e. The molecule has 1 N–H and O–H groups in total. The van der Waals surface area contributed by atoms with Crippen molar-refractivity contribution in [1.29, 1.82) is 0 Å². The van der Waals surface area contributed by atoms with Crippen molar-refractivity contribution in [2.75, 3.05) is 20.3 Å². The van der Waals surface area contributed by atoms with Gasteiger partial charge in [0.05, 0.1) is 12.7 Å². The van der Waals surface area contributed by atoms with E-state index in [1.165, 1.54) is 10.9 Å². The van der Waals surface area contributed by atoms with Gasteiger partial charge in [-0.25, -0.2) is 9.59 Å². The molecule has 0 saturated heterocycles. The maximum Gasteiger partial charge on any atom is 0.338 e. The summed E-state index contributed by atoms with van der Waals surface area (Å²) in [6, 6.07) is 6.37. The standard InChI is InChI=1S/C21H21N3O6/c1-5-19(25)29-8-9-30-21(27)14-6-7-15-16(10-14)23-24(22-15)17-11-18(28-4)12(2)13(3)20(17)26/h5-7,10-11,26H,1,8-9H2,2-4H3. The number of fused-ring (bicyclic) bond motifs is 1. The first-order chi connectivity index (χ1) is 14.3. The van der Waals surface area contributed by atoms with Gasteiger partial charge < -0.3 is 19.3 Å².